The Morgan fingerprint density at radius 1 is 1.47 bits per heavy atom. The van der Waals surface area contributed by atoms with Gasteiger partial charge in [0.2, 0.25) is 0 Å². The number of carbonyl (C=O) groups excluding carboxylic acids is 1. The Balaban J connectivity index is 2.23. The lowest BCUT2D eigenvalue weighted by atomic mass is 9.98. The van der Waals surface area contributed by atoms with E-state index in [4.69, 9.17) is 17.3 Å². The van der Waals surface area contributed by atoms with Gasteiger partial charge in [0.05, 0.1) is 10.6 Å². The summed E-state index contributed by atoms with van der Waals surface area (Å²) in [5, 5.41) is 9.88. The standard InChI is InChI=1S/C14H19ClN2O2/c15-13-5-4-11(18)9-12(13)14(19)17-8-2-1-3-10(17)6-7-16/h4-5,9-10,18H,1-3,6-8,16H2. The third kappa shape index (κ3) is 3.19. The predicted molar refractivity (Wildman–Crippen MR) is 75.5 cm³/mol. The van der Waals surface area contributed by atoms with E-state index < -0.39 is 0 Å². The van der Waals surface area contributed by atoms with Gasteiger partial charge in [-0.2, -0.15) is 0 Å². The van der Waals surface area contributed by atoms with Gasteiger partial charge in [-0.25, -0.2) is 0 Å². The van der Waals surface area contributed by atoms with E-state index in [0.29, 0.717) is 17.1 Å². The third-order valence-corrected chi connectivity index (χ3v) is 3.90. The van der Waals surface area contributed by atoms with Crippen LogP contribution < -0.4 is 5.73 Å². The van der Waals surface area contributed by atoms with Gasteiger partial charge in [-0.05, 0) is 50.4 Å². The normalized spacial score (nSPS) is 19.5. The molecule has 0 aliphatic carbocycles. The number of carbonyl (C=O) groups is 1. The summed E-state index contributed by atoms with van der Waals surface area (Å²) in [7, 11) is 0. The van der Waals surface area contributed by atoms with Crippen molar-refractivity contribution in [3.05, 3.63) is 28.8 Å². The van der Waals surface area contributed by atoms with Crippen molar-refractivity contribution in [2.24, 2.45) is 5.73 Å². The number of phenols is 1. The Labute approximate surface area is 118 Å². The van der Waals surface area contributed by atoms with Gasteiger partial charge < -0.3 is 15.7 Å². The number of aromatic hydroxyl groups is 1. The molecule has 3 N–H and O–H groups in total. The number of amides is 1. The average Bonchev–Trinajstić information content (AvgIpc) is 2.42. The molecule has 2 rings (SSSR count). The summed E-state index contributed by atoms with van der Waals surface area (Å²) in [6.45, 7) is 1.30. The van der Waals surface area contributed by atoms with E-state index in [1.807, 2.05) is 4.90 Å². The van der Waals surface area contributed by atoms with Crippen molar-refractivity contribution in [2.45, 2.75) is 31.7 Å². The number of nitrogens with zero attached hydrogens (tertiary/aromatic N) is 1. The fraction of sp³-hybridized carbons (Fsp3) is 0.500. The van der Waals surface area contributed by atoms with Crippen molar-refractivity contribution in [3.8, 4) is 5.75 Å². The minimum atomic E-state index is -0.112. The predicted octanol–water partition coefficient (Wildman–Crippen LogP) is 2.39. The van der Waals surface area contributed by atoms with Crippen LogP contribution in [0.2, 0.25) is 5.02 Å². The molecule has 19 heavy (non-hydrogen) atoms. The zero-order valence-corrected chi connectivity index (χ0v) is 11.6. The molecule has 0 saturated carbocycles. The van der Waals surface area contributed by atoms with Crippen LogP contribution in [0.1, 0.15) is 36.0 Å². The van der Waals surface area contributed by atoms with Gasteiger partial charge in [-0.1, -0.05) is 11.6 Å². The van der Waals surface area contributed by atoms with Crippen LogP contribution in [0.5, 0.6) is 5.75 Å². The highest BCUT2D eigenvalue weighted by Crippen LogP contribution is 2.26. The second-order valence-corrected chi connectivity index (χ2v) is 5.30. The minimum Gasteiger partial charge on any atom is -0.508 e. The zero-order valence-electron chi connectivity index (χ0n) is 10.8. The van der Waals surface area contributed by atoms with E-state index >= 15 is 0 Å². The molecule has 104 valence electrons. The summed E-state index contributed by atoms with van der Waals surface area (Å²) in [6, 6.07) is 4.64. The van der Waals surface area contributed by atoms with E-state index in [9.17, 15) is 9.90 Å². The number of benzene rings is 1. The molecule has 1 fully saturated rings. The molecule has 1 aliphatic rings. The topological polar surface area (TPSA) is 66.6 Å². The number of nitrogens with two attached hydrogens (primary N) is 1. The van der Waals surface area contributed by atoms with Gasteiger partial charge in [0, 0.05) is 12.6 Å². The lowest BCUT2D eigenvalue weighted by Crippen LogP contribution is -2.44. The Hall–Kier alpha value is -1.26. The van der Waals surface area contributed by atoms with Crippen molar-refractivity contribution < 1.29 is 9.90 Å². The maximum atomic E-state index is 12.5. The molecule has 5 heteroatoms. The summed E-state index contributed by atoms with van der Waals surface area (Å²) in [5.74, 6) is -0.0563. The SMILES string of the molecule is NCCC1CCCCN1C(=O)c1cc(O)ccc1Cl. The molecule has 0 aromatic heterocycles. The highest BCUT2D eigenvalue weighted by molar-refractivity contribution is 6.33. The molecule has 0 bridgehead atoms. The third-order valence-electron chi connectivity index (χ3n) is 3.57. The molecular formula is C14H19ClN2O2. The molecule has 1 aromatic carbocycles. The Morgan fingerprint density at radius 2 is 2.26 bits per heavy atom. The first-order valence-corrected chi connectivity index (χ1v) is 7.01. The van der Waals surface area contributed by atoms with Crippen LogP contribution in [0.4, 0.5) is 0 Å². The van der Waals surface area contributed by atoms with Gasteiger partial charge in [-0.3, -0.25) is 4.79 Å². The Morgan fingerprint density at radius 3 is 3.00 bits per heavy atom. The second kappa shape index (κ2) is 6.26. The molecule has 1 saturated heterocycles. The number of hydrogen-bond donors (Lipinski definition) is 2. The van der Waals surface area contributed by atoms with E-state index in [2.05, 4.69) is 0 Å². The molecule has 1 unspecified atom stereocenters. The lowest BCUT2D eigenvalue weighted by Gasteiger charge is -2.36. The first-order valence-electron chi connectivity index (χ1n) is 6.63. The highest BCUT2D eigenvalue weighted by Gasteiger charge is 2.28. The van der Waals surface area contributed by atoms with Crippen molar-refractivity contribution in [1.29, 1.82) is 0 Å². The molecule has 1 aliphatic heterocycles. The Kier molecular flexibility index (Phi) is 4.66. The van der Waals surface area contributed by atoms with Crippen LogP contribution >= 0.6 is 11.6 Å². The fourth-order valence-corrected chi connectivity index (χ4v) is 2.79. The monoisotopic (exact) mass is 282 g/mol. The number of likely N-dealkylation sites (tertiary alicyclic amines) is 1. The van der Waals surface area contributed by atoms with Crippen LogP contribution in [0.15, 0.2) is 18.2 Å². The summed E-state index contributed by atoms with van der Waals surface area (Å²) in [4.78, 5) is 14.4. The van der Waals surface area contributed by atoms with Crippen molar-refractivity contribution in [3.63, 3.8) is 0 Å². The van der Waals surface area contributed by atoms with E-state index in [-0.39, 0.29) is 17.7 Å². The number of rotatable bonds is 3. The van der Waals surface area contributed by atoms with E-state index in [1.54, 1.807) is 6.07 Å². The summed E-state index contributed by atoms with van der Waals surface area (Å²) in [5.41, 5.74) is 5.98. The Bertz CT molecular complexity index is 463. The molecule has 1 aromatic rings. The number of piperidine rings is 1. The van der Waals surface area contributed by atoms with Crippen molar-refractivity contribution >= 4 is 17.5 Å². The summed E-state index contributed by atoms with van der Waals surface area (Å²) < 4.78 is 0. The smallest absolute Gasteiger partial charge is 0.255 e. The zero-order chi connectivity index (χ0) is 13.8. The van der Waals surface area contributed by atoms with Gasteiger partial charge >= 0.3 is 0 Å². The molecule has 1 amide bonds. The van der Waals surface area contributed by atoms with Crippen molar-refractivity contribution in [2.75, 3.05) is 13.1 Å². The van der Waals surface area contributed by atoms with Crippen LogP contribution in [0, 0.1) is 0 Å². The number of phenolic OH excluding ortho intramolecular Hbond substituents is 1. The first-order chi connectivity index (χ1) is 9.13. The van der Waals surface area contributed by atoms with E-state index in [0.717, 1.165) is 32.2 Å². The largest absolute Gasteiger partial charge is 0.508 e. The van der Waals surface area contributed by atoms with Gasteiger partial charge in [0.15, 0.2) is 0 Å². The molecule has 1 atom stereocenters. The summed E-state index contributed by atoms with van der Waals surface area (Å²) in [6.07, 6.45) is 3.92. The second-order valence-electron chi connectivity index (χ2n) is 4.89. The molecule has 4 nitrogen and oxygen atoms in total. The van der Waals surface area contributed by atoms with E-state index in [1.165, 1.54) is 12.1 Å². The van der Waals surface area contributed by atoms with Crippen LogP contribution in [-0.4, -0.2) is 35.0 Å². The van der Waals surface area contributed by atoms with Gasteiger partial charge in [0.1, 0.15) is 5.75 Å². The van der Waals surface area contributed by atoms with Crippen LogP contribution in [-0.2, 0) is 0 Å². The molecule has 0 spiro atoms. The number of hydrogen-bond acceptors (Lipinski definition) is 3. The molecule has 1 heterocycles. The van der Waals surface area contributed by atoms with Gasteiger partial charge in [0.25, 0.3) is 5.91 Å². The van der Waals surface area contributed by atoms with Crippen LogP contribution in [0.25, 0.3) is 0 Å². The van der Waals surface area contributed by atoms with Crippen LogP contribution in [0.3, 0.4) is 0 Å². The average molecular weight is 283 g/mol. The highest BCUT2D eigenvalue weighted by atomic mass is 35.5. The quantitative estimate of drug-likeness (QED) is 0.894. The van der Waals surface area contributed by atoms with Gasteiger partial charge in [-0.15, -0.1) is 0 Å². The fourth-order valence-electron chi connectivity index (χ4n) is 2.59. The lowest BCUT2D eigenvalue weighted by molar-refractivity contribution is 0.0605. The first kappa shape index (κ1) is 14.2. The maximum absolute atomic E-state index is 12.5. The number of halogens is 1. The maximum Gasteiger partial charge on any atom is 0.255 e. The van der Waals surface area contributed by atoms with Crippen molar-refractivity contribution in [1.82, 2.24) is 4.90 Å². The summed E-state index contributed by atoms with van der Waals surface area (Å²) >= 11 is 6.05. The molecular weight excluding hydrogens is 264 g/mol. The molecule has 0 radical (unpaired) electrons. The minimum absolute atomic E-state index is 0.0557.